The Hall–Kier alpha value is -2.89. The van der Waals surface area contributed by atoms with Gasteiger partial charge < -0.3 is 14.2 Å². The molecule has 6 nitrogen and oxygen atoms in total. The lowest BCUT2D eigenvalue weighted by atomic mass is 10.1. The van der Waals surface area contributed by atoms with Crippen LogP contribution in [0.3, 0.4) is 0 Å². The smallest absolute Gasteiger partial charge is 0.151 e. The molecular weight excluding hydrogens is 326 g/mol. The Morgan fingerprint density at radius 3 is 2.65 bits per heavy atom. The number of hydrogen-bond acceptors (Lipinski definition) is 5. The fourth-order valence-corrected chi connectivity index (χ4v) is 3.51. The molecule has 6 heteroatoms. The van der Waals surface area contributed by atoms with E-state index in [-0.39, 0.29) is 0 Å². The lowest BCUT2D eigenvalue weighted by molar-refractivity contribution is 0.413. The maximum absolute atomic E-state index is 5.59. The highest BCUT2D eigenvalue weighted by Crippen LogP contribution is 2.30. The number of rotatable bonds is 4. The van der Waals surface area contributed by atoms with Crippen molar-refractivity contribution in [2.45, 2.75) is 32.7 Å². The number of nitrogens with zero attached hydrogens (tertiary/aromatic N) is 5. The zero-order chi connectivity index (χ0) is 18.1. The van der Waals surface area contributed by atoms with Crippen molar-refractivity contribution in [3.8, 4) is 22.7 Å². The maximum atomic E-state index is 5.59. The van der Waals surface area contributed by atoms with Crippen LogP contribution in [0.15, 0.2) is 42.9 Å². The topological polar surface area (TPSA) is 56.1 Å². The van der Waals surface area contributed by atoms with Crippen LogP contribution < -0.4 is 9.64 Å². The lowest BCUT2D eigenvalue weighted by Gasteiger charge is -2.21. The highest BCUT2D eigenvalue weighted by molar-refractivity contribution is 5.66. The first-order valence-electron chi connectivity index (χ1n) is 8.95. The van der Waals surface area contributed by atoms with Gasteiger partial charge in [0.2, 0.25) is 0 Å². The average Bonchev–Trinajstić information content (AvgIpc) is 3.29. The first-order valence-corrected chi connectivity index (χ1v) is 8.95. The van der Waals surface area contributed by atoms with Crippen LogP contribution in [0, 0.1) is 6.92 Å². The molecule has 26 heavy (non-hydrogen) atoms. The Labute approximate surface area is 153 Å². The molecular formula is C20H23N5O. The lowest BCUT2D eigenvalue weighted by Crippen LogP contribution is -2.27. The fourth-order valence-electron chi connectivity index (χ4n) is 3.51. The molecule has 4 rings (SSSR count). The van der Waals surface area contributed by atoms with Gasteiger partial charge in [-0.25, -0.2) is 4.98 Å². The Balaban J connectivity index is 1.63. The van der Waals surface area contributed by atoms with E-state index in [0.717, 1.165) is 40.8 Å². The first kappa shape index (κ1) is 16.6. The Bertz CT molecular complexity index is 903. The van der Waals surface area contributed by atoms with Crippen molar-refractivity contribution in [3.05, 3.63) is 48.5 Å². The van der Waals surface area contributed by atoms with E-state index in [4.69, 9.17) is 4.74 Å². The van der Waals surface area contributed by atoms with Crippen LogP contribution in [0.1, 0.15) is 25.5 Å². The summed E-state index contributed by atoms with van der Waals surface area (Å²) in [4.78, 5) is 6.60. The predicted octanol–water partition coefficient (Wildman–Crippen LogP) is 3.64. The van der Waals surface area contributed by atoms with Crippen LogP contribution in [0.25, 0.3) is 16.9 Å². The van der Waals surface area contributed by atoms with E-state index in [1.54, 1.807) is 13.4 Å². The molecule has 1 unspecified atom stereocenters. The molecule has 0 radical (unpaired) electrons. The number of ether oxygens (including phenoxy) is 1. The molecule has 1 aliphatic heterocycles. The molecule has 1 atom stereocenters. The van der Waals surface area contributed by atoms with Gasteiger partial charge in [-0.05, 0) is 51.0 Å². The minimum atomic E-state index is 0.535. The molecule has 0 N–H and O–H groups in total. The summed E-state index contributed by atoms with van der Waals surface area (Å²) in [6.07, 6.45) is 6.20. The van der Waals surface area contributed by atoms with Gasteiger partial charge >= 0.3 is 0 Å². The largest absolute Gasteiger partial charge is 0.495 e. The Morgan fingerprint density at radius 2 is 2.04 bits per heavy atom. The minimum absolute atomic E-state index is 0.535. The van der Waals surface area contributed by atoms with Gasteiger partial charge in [-0.1, -0.05) is 6.07 Å². The number of hydrogen-bond donors (Lipinski definition) is 0. The average molecular weight is 349 g/mol. The van der Waals surface area contributed by atoms with E-state index < -0.39 is 0 Å². The monoisotopic (exact) mass is 349 g/mol. The van der Waals surface area contributed by atoms with E-state index in [1.807, 2.05) is 42.0 Å². The summed E-state index contributed by atoms with van der Waals surface area (Å²) in [7, 11) is 1.68. The van der Waals surface area contributed by atoms with Crippen LogP contribution >= 0.6 is 0 Å². The molecule has 0 amide bonds. The van der Waals surface area contributed by atoms with Crippen LogP contribution in [0.5, 0.6) is 5.75 Å². The summed E-state index contributed by atoms with van der Waals surface area (Å²) in [5.74, 6) is 1.73. The molecule has 1 aliphatic rings. The van der Waals surface area contributed by atoms with Gasteiger partial charge in [-0.3, -0.25) is 0 Å². The van der Waals surface area contributed by atoms with Gasteiger partial charge in [0, 0.05) is 24.3 Å². The van der Waals surface area contributed by atoms with Crippen molar-refractivity contribution in [3.63, 3.8) is 0 Å². The minimum Gasteiger partial charge on any atom is -0.495 e. The number of aromatic nitrogens is 4. The van der Waals surface area contributed by atoms with Crippen LogP contribution in [0.2, 0.25) is 0 Å². The maximum Gasteiger partial charge on any atom is 0.151 e. The van der Waals surface area contributed by atoms with Crippen molar-refractivity contribution in [2.24, 2.45) is 0 Å². The molecule has 134 valence electrons. The summed E-state index contributed by atoms with van der Waals surface area (Å²) in [5.41, 5.74) is 3.74. The zero-order valence-electron chi connectivity index (χ0n) is 15.4. The molecule has 0 spiro atoms. The van der Waals surface area contributed by atoms with E-state index in [1.165, 1.54) is 12.8 Å². The van der Waals surface area contributed by atoms with Crippen molar-refractivity contribution < 1.29 is 4.74 Å². The highest BCUT2D eigenvalue weighted by atomic mass is 16.5. The summed E-state index contributed by atoms with van der Waals surface area (Å²) < 4.78 is 7.55. The summed E-state index contributed by atoms with van der Waals surface area (Å²) >= 11 is 0. The Kier molecular flexibility index (Phi) is 4.32. The molecule has 3 heterocycles. The predicted molar refractivity (Wildman–Crippen MR) is 102 cm³/mol. The molecule has 1 saturated heterocycles. The van der Waals surface area contributed by atoms with Gasteiger partial charge in [0.1, 0.15) is 5.75 Å². The molecule has 2 aromatic heterocycles. The number of aryl methyl sites for hydroxylation is 1. The highest BCUT2D eigenvalue weighted by Gasteiger charge is 2.21. The number of anilines is 1. The molecule has 0 saturated carbocycles. The van der Waals surface area contributed by atoms with Gasteiger partial charge in [0.25, 0.3) is 0 Å². The van der Waals surface area contributed by atoms with Crippen molar-refractivity contribution in [1.29, 1.82) is 0 Å². The number of imidazole rings is 1. The molecule has 1 aromatic carbocycles. The fraction of sp³-hybridized carbons (Fsp3) is 0.350. The third kappa shape index (κ3) is 3.03. The standard InChI is InChI=1S/C20H23N5O/c1-14-12-24(13-21-14)18-8-6-16(11-19(18)26-3)17-7-9-20(23-22-17)25-10-4-5-15(25)2/h6-9,11-13,15H,4-5,10H2,1-3H3. The van der Waals surface area contributed by atoms with Crippen LogP contribution in [-0.2, 0) is 0 Å². The van der Waals surface area contributed by atoms with Crippen molar-refractivity contribution in [1.82, 2.24) is 19.7 Å². The van der Waals surface area contributed by atoms with Crippen LogP contribution in [0.4, 0.5) is 5.82 Å². The summed E-state index contributed by atoms with van der Waals surface area (Å²) in [6.45, 7) is 5.27. The SMILES string of the molecule is COc1cc(-c2ccc(N3CCCC3C)nn2)ccc1-n1cnc(C)c1. The van der Waals surface area contributed by atoms with E-state index >= 15 is 0 Å². The van der Waals surface area contributed by atoms with Gasteiger partial charge in [-0.2, -0.15) is 0 Å². The van der Waals surface area contributed by atoms with Crippen LogP contribution in [-0.4, -0.2) is 39.4 Å². The first-order chi connectivity index (χ1) is 12.7. The number of methoxy groups -OCH3 is 1. The second kappa shape index (κ2) is 6.78. The van der Waals surface area contributed by atoms with Gasteiger partial charge in [0.05, 0.1) is 30.5 Å². The molecule has 0 aliphatic carbocycles. The molecule has 1 fully saturated rings. The number of benzene rings is 1. The molecule has 0 bridgehead atoms. The molecule has 3 aromatic rings. The van der Waals surface area contributed by atoms with E-state index in [9.17, 15) is 0 Å². The van der Waals surface area contributed by atoms with Gasteiger partial charge in [0.15, 0.2) is 5.82 Å². The second-order valence-electron chi connectivity index (χ2n) is 6.77. The third-order valence-corrected chi connectivity index (χ3v) is 4.96. The van der Waals surface area contributed by atoms with E-state index in [0.29, 0.717) is 6.04 Å². The third-order valence-electron chi connectivity index (χ3n) is 4.96. The Morgan fingerprint density at radius 1 is 1.15 bits per heavy atom. The zero-order valence-corrected chi connectivity index (χ0v) is 15.4. The quantitative estimate of drug-likeness (QED) is 0.720. The van der Waals surface area contributed by atoms with Crippen molar-refractivity contribution in [2.75, 3.05) is 18.6 Å². The van der Waals surface area contributed by atoms with E-state index in [2.05, 4.69) is 33.1 Å². The summed E-state index contributed by atoms with van der Waals surface area (Å²) in [5, 5.41) is 8.89. The second-order valence-corrected chi connectivity index (χ2v) is 6.77. The summed E-state index contributed by atoms with van der Waals surface area (Å²) in [6, 6.07) is 10.7. The normalized spacial score (nSPS) is 16.9. The van der Waals surface area contributed by atoms with Crippen molar-refractivity contribution >= 4 is 5.82 Å². The van der Waals surface area contributed by atoms with Gasteiger partial charge in [-0.15, -0.1) is 10.2 Å².